The van der Waals surface area contributed by atoms with Crippen molar-refractivity contribution in [2.75, 3.05) is 45.3 Å². The first-order valence-electron chi connectivity index (χ1n) is 15.1. The lowest BCUT2D eigenvalue weighted by Gasteiger charge is -2.40. The van der Waals surface area contributed by atoms with E-state index in [0.717, 1.165) is 12.0 Å². The number of nitrogens with one attached hydrogen (secondary N) is 3. The first kappa shape index (κ1) is 31.0. The highest BCUT2D eigenvalue weighted by molar-refractivity contribution is 6.31. The lowest BCUT2D eigenvalue weighted by Crippen LogP contribution is -2.58. The molecule has 2 aromatic carbocycles. The number of amides is 3. The maximum atomic E-state index is 13.8. The molecule has 3 aliphatic heterocycles. The molecule has 3 heterocycles. The summed E-state index contributed by atoms with van der Waals surface area (Å²) in [6, 6.07) is 14.1. The Morgan fingerprint density at radius 2 is 1.91 bits per heavy atom. The average Bonchev–Trinajstić information content (AvgIpc) is 3.00. The number of likely N-dealkylation sites (tertiary alicyclic amines) is 1. The third kappa shape index (κ3) is 7.96. The largest absolute Gasteiger partial charge is 0.495 e. The van der Waals surface area contributed by atoms with Gasteiger partial charge in [0.25, 0.3) is 0 Å². The van der Waals surface area contributed by atoms with E-state index in [9.17, 15) is 14.4 Å². The minimum absolute atomic E-state index is 0.0730. The molecule has 10 heteroatoms. The van der Waals surface area contributed by atoms with Gasteiger partial charge in [0.05, 0.1) is 24.8 Å². The Balaban J connectivity index is 1.31. The minimum atomic E-state index is -0.685. The van der Waals surface area contributed by atoms with E-state index >= 15 is 0 Å². The van der Waals surface area contributed by atoms with Crippen LogP contribution < -0.4 is 20.7 Å². The molecule has 3 N–H and O–H groups in total. The summed E-state index contributed by atoms with van der Waals surface area (Å²) in [5, 5.41) is 9.86. The van der Waals surface area contributed by atoms with Crippen LogP contribution in [0.2, 0.25) is 5.02 Å². The van der Waals surface area contributed by atoms with Crippen molar-refractivity contribution in [1.82, 2.24) is 15.5 Å². The van der Waals surface area contributed by atoms with Gasteiger partial charge in [-0.25, -0.2) is 0 Å². The van der Waals surface area contributed by atoms with Crippen molar-refractivity contribution in [3.05, 3.63) is 71.3 Å². The van der Waals surface area contributed by atoms with Gasteiger partial charge in [0.1, 0.15) is 11.8 Å². The van der Waals surface area contributed by atoms with Crippen molar-refractivity contribution >= 4 is 35.0 Å². The molecular formula is C33H41ClN4O5. The van der Waals surface area contributed by atoms with Gasteiger partial charge in [0, 0.05) is 43.8 Å². The minimum Gasteiger partial charge on any atom is -0.495 e. The highest BCUT2D eigenvalue weighted by Gasteiger charge is 2.41. The summed E-state index contributed by atoms with van der Waals surface area (Å²) in [6.07, 6.45) is 7.95. The molecule has 0 radical (unpaired) electrons. The smallest absolute Gasteiger partial charge is 0.243 e. The number of benzene rings is 2. The lowest BCUT2D eigenvalue weighted by atomic mass is 9.75. The summed E-state index contributed by atoms with van der Waals surface area (Å²) in [4.78, 5) is 42.7. The number of fused-ring (bicyclic) bond motifs is 1. The number of carbonyl (C=O) groups excluding carboxylic acids is 3. The number of piperidine rings is 1. The normalized spacial score (nSPS) is 24.6. The summed E-state index contributed by atoms with van der Waals surface area (Å²) >= 11 is 6.14. The highest BCUT2D eigenvalue weighted by Crippen LogP contribution is 2.36. The summed E-state index contributed by atoms with van der Waals surface area (Å²) in [7, 11) is 1.55. The molecule has 0 saturated carbocycles. The van der Waals surface area contributed by atoms with E-state index in [0.29, 0.717) is 74.9 Å². The van der Waals surface area contributed by atoms with Crippen molar-refractivity contribution in [2.45, 2.75) is 50.6 Å². The van der Waals surface area contributed by atoms with Gasteiger partial charge >= 0.3 is 0 Å². The Morgan fingerprint density at radius 1 is 1.12 bits per heavy atom. The maximum absolute atomic E-state index is 13.8. The van der Waals surface area contributed by atoms with Gasteiger partial charge in [-0.15, -0.1) is 0 Å². The first-order chi connectivity index (χ1) is 20.8. The van der Waals surface area contributed by atoms with Crippen LogP contribution in [0.1, 0.15) is 37.7 Å². The number of hydrogen-bond acceptors (Lipinski definition) is 6. The average molecular weight is 609 g/mol. The first-order valence-corrected chi connectivity index (χ1v) is 15.5. The Kier molecular flexibility index (Phi) is 10.4. The van der Waals surface area contributed by atoms with Crippen molar-refractivity contribution < 1.29 is 23.9 Å². The Labute approximate surface area is 258 Å². The van der Waals surface area contributed by atoms with Gasteiger partial charge in [-0.1, -0.05) is 54.1 Å². The standard InChI is InChI=1S/C33H41ClN4O5/c1-42-29-11-10-25(34)20-27(29)35-30(39)22-38-16-12-26-24(21-38)9-5-6-13-33(14-17-43-18-15-33)32(41)37-28(31(40)36-26)19-23-7-3-2-4-8-23/h2-8,10-11,20,24,26,28H,9,12-19,21-22H2,1H3,(H,35,39)(H,36,40)(H,37,41)/t24-,26+,28-/m1/s1. The zero-order valence-electron chi connectivity index (χ0n) is 24.7. The van der Waals surface area contributed by atoms with E-state index in [-0.39, 0.29) is 36.2 Å². The number of rotatable bonds is 6. The Morgan fingerprint density at radius 3 is 2.67 bits per heavy atom. The van der Waals surface area contributed by atoms with Crippen LogP contribution in [-0.4, -0.2) is 74.7 Å². The van der Waals surface area contributed by atoms with Crippen LogP contribution in [0.5, 0.6) is 5.75 Å². The molecule has 3 aliphatic rings. The van der Waals surface area contributed by atoms with E-state index in [4.69, 9.17) is 21.1 Å². The van der Waals surface area contributed by atoms with E-state index in [1.165, 1.54) is 0 Å². The van der Waals surface area contributed by atoms with E-state index in [1.807, 2.05) is 30.3 Å². The quantitative estimate of drug-likeness (QED) is 0.428. The molecule has 3 amide bonds. The Bertz CT molecular complexity index is 1310. The molecular weight excluding hydrogens is 568 g/mol. The van der Waals surface area contributed by atoms with Crippen LogP contribution in [0.15, 0.2) is 60.7 Å². The van der Waals surface area contributed by atoms with Gasteiger partial charge in [-0.2, -0.15) is 0 Å². The summed E-state index contributed by atoms with van der Waals surface area (Å²) in [5.74, 6) is 0.256. The van der Waals surface area contributed by atoms with Crippen molar-refractivity contribution in [3.63, 3.8) is 0 Å². The SMILES string of the molecule is COc1ccc(Cl)cc1NC(=O)CN1CC[C@@H]2NC(=O)[C@@H](Cc3ccccc3)NC(=O)C3(CC=CC[C@@H]2C1)CCOCC3. The van der Waals surface area contributed by atoms with Crippen molar-refractivity contribution in [3.8, 4) is 5.75 Å². The summed E-state index contributed by atoms with van der Waals surface area (Å²) < 4.78 is 11.0. The number of methoxy groups -OCH3 is 1. The second-order valence-electron chi connectivity index (χ2n) is 11.8. The van der Waals surface area contributed by atoms with Crippen molar-refractivity contribution in [1.29, 1.82) is 0 Å². The van der Waals surface area contributed by atoms with Gasteiger partial charge in [-0.3, -0.25) is 19.3 Å². The van der Waals surface area contributed by atoms with E-state index in [1.54, 1.807) is 25.3 Å². The van der Waals surface area contributed by atoms with Gasteiger partial charge < -0.3 is 25.4 Å². The van der Waals surface area contributed by atoms with Gasteiger partial charge in [0.15, 0.2) is 0 Å². The fourth-order valence-electron chi connectivity index (χ4n) is 6.37. The number of ether oxygens (including phenoxy) is 2. The molecule has 3 atom stereocenters. The van der Waals surface area contributed by atoms with Crippen LogP contribution in [0.25, 0.3) is 0 Å². The van der Waals surface area contributed by atoms with Crippen LogP contribution >= 0.6 is 11.6 Å². The number of hydrogen-bond donors (Lipinski definition) is 3. The fraction of sp³-hybridized carbons (Fsp3) is 0.485. The number of halogens is 1. The topological polar surface area (TPSA) is 109 Å². The van der Waals surface area contributed by atoms with Crippen LogP contribution in [0.3, 0.4) is 0 Å². The molecule has 2 saturated heterocycles. The van der Waals surface area contributed by atoms with E-state index < -0.39 is 11.5 Å². The predicted molar refractivity (Wildman–Crippen MR) is 166 cm³/mol. The van der Waals surface area contributed by atoms with Crippen molar-refractivity contribution in [2.24, 2.45) is 11.3 Å². The molecule has 1 spiro atoms. The molecule has 230 valence electrons. The molecule has 0 aromatic heterocycles. The molecule has 5 rings (SSSR count). The van der Waals surface area contributed by atoms with Crippen LogP contribution in [0.4, 0.5) is 5.69 Å². The Hall–Kier alpha value is -3.40. The maximum Gasteiger partial charge on any atom is 0.243 e. The summed E-state index contributed by atoms with van der Waals surface area (Å²) in [5.41, 5.74) is 0.926. The summed E-state index contributed by atoms with van der Waals surface area (Å²) in [6.45, 7) is 2.58. The number of allylic oxidation sites excluding steroid dienone is 2. The molecule has 2 aromatic rings. The van der Waals surface area contributed by atoms with Gasteiger partial charge in [0.2, 0.25) is 17.7 Å². The van der Waals surface area contributed by atoms with Crippen LogP contribution in [-0.2, 0) is 25.5 Å². The number of nitrogens with zero attached hydrogens (tertiary/aromatic N) is 1. The predicted octanol–water partition coefficient (Wildman–Crippen LogP) is 3.97. The molecule has 9 nitrogen and oxygen atoms in total. The monoisotopic (exact) mass is 608 g/mol. The second kappa shape index (κ2) is 14.4. The molecule has 43 heavy (non-hydrogen) atoms. The highest BCUT2D eigenvalue weighted by atomic mass is 35.5. The molecule has 0 unspecified atom stereocenters. The molecule has 0 bridgehead atoms. The molecule has 0 aliphatic carbocycles. The van der Waals surface area contributed by atoms with E-state index in [2.05, 4.69) is 33.0 Å². The third-order valence-corrected chi connectivity index (χ3v) is 9.13. The zero-order valence-corrected chi connectivity index (χ0v) is 25.4. The third-order valence-electron chi connectivity index (χ3n) is 8.90. The fourth-order valence-corrected chi connectivity index (χ4v) is 6.54. The lowest BCUT2D eigenvalue weighted by molar-refractivity contribution is -0.140. The van der Waals surface area contributed by atoms with Gasteiger partial charge in [-0.05, 0) is 61.8 Å². The second-order valence-corrected chi connectivity index (χ2v) is 12.2. The molecule has 2 fully saturated rings. The van der Waals surface area contributed by atoms with Crippen LogP contribution in [0, 0.1) is 11.3 Å². The number of anilines is 1. The zero-order chi connectivity index (χ0) is 30.2. The number of carbonyl (C=O) groups is 3.